The first-order chi connectivity index (χ1) is 22.0. The van der Waals surface area contributed by atoms with Gasteiger partial charge in [-0.3, -0.25) is 9.59 Å². The fraction of sp³-hybridized carbons (Fsp3) is 0.743. The minimum atomic E-state index is -1.31. The summed E-state index contributed by atoms with van der Waals surface area (Å²) in [5, 5.41) is 34.9. The first-order valence-electron chi connectivity index (χ1n) is 16.8. The van der Waals surface area contributed by atoms with Crippen LogP contribution >= 0.6 is 0 Å². The molecule has 12 nitrogen and oxygen atoms in total. The number of allylic oxidation sites excluding steroid dienone is 2. The van der Waals surface area contributed by atoms with Gasteiger partial charge in [-0.05, 0) is 65.5 Å². The molecule has 0 aliphatic carbocycles. The number of aliphatic hydroxyl groups excluding tert-OH is 2. The SMILES string of the molecule is CC[C@H](O)[C@@H](C)O[C@@H](C)C[C@@](C)(O)/C=C/C=C(\C)[C@H]1OC(=O)C[C@H](O)CC[C@@](C)(OC(C)=O)[C@@H](OC(=O)N2CCNCC2)/C=C/[C@@H]1C. The Bertz CT molecular complexity index is 1120. The number of esters is 2. The zero-order valence-electron chi connectivity index (χ0n) is 29.4. The third-order valence-corrected chi connectivity index (χ3v) is 8.65. The molecule has 268 valence electrons. The molecule has 9 atom stereocenters. The van der Waals surface area contributed by atoms with Crippen molar-refractivity contribution in [3.05, 3.63) is 36.0 Å². The molecule has 47 heavy (non-hydrogen) atoms. The second-order valence-electron chi connectivity index (χ2n) is 13.5. The van der Waals surface area contributed by atoms with Gasteiger partial charge in [-0.15, -0.1) is 0 Å². The number of piperazine rings is 1. The van der Waals surface area contributed by atoms with Crippen molar-refractivity contribution in [1.82, 2.24) is 10.2 Å². The predicted molar refractivity (Wildman–Crippen MR) is 177 cm³/mol. The lowest BCUT2D eigenvalue weighted by Gasteiger charge is -2.37. The molecule has 0 aromatic rings. The summed E-state index contributed by atoms with van der Waals surface area (Å²) >= 11 is 0. The molecule has 2 heterocycles. The van der Waals surface area contributed by atoms with Crippen LogP contribution in [-0.2, 0) is 28.5 Å². The minimum absolute atomic E-state index is 0.0968. The van der Waals surface area contributed by atoms with E-state index in [0.717, 1.165) is 0 Å². The van der Waals surface area contributed by atoms with Gasteiger partial charge in [-0.1, -0.05) is 38.2 Å². The van der Waals surface area contributed by atoms with Gasteiger partial charge in [0.25, 0.3) is 0 Å². The van der Waals surface area contributed by atoms with Gasteiger partial charge in [0.1, 0.15) is 11.7 Å². The van der Waals surface area contributed by atoms with Crippen molar-refractivity contribution in [3.8, 4) is 0 Å². The Hall–Kier alpha value is -2.77. The number of carbonyl (C=O) groups is 3. The number of nitrogens with zero attached hydrogens (tertiary/aromatic N) is 1. The van der Waals surface area contributed by atoms with Crippen molar-refractivity contribution in [2.75, 3.05) is 26.2 Å². The monoisotopic (exact) mass is 666 g/mol. The maximum Gasteiger partial charge on any atom is 0.410 e. The van der Waals surface area contributed by atoms with Gasteiger partial charge in [0.05, 0.1) is 36.4 Å². The fourth-order valence-corrected chi connectivity index (χ4v) is 5.90. The van der Waals surface area contributed by atoms with Crippen molar-refractivity contribution in [2.24, 2.45) is 5.92 Å². The lowest BCUT2D eigenvalue weighted by molar-refractivity contribution is -0.168. The smallest absolute Gasteiger partial charge is 0.410 e. The molecule has 0 saturated carbocycles. The van der Waals surface area contributed by atoms with Crippen molar-refractivity contribution >= 4 is 18.0 Å². The molecule has 0 spiro atoms. The van der Waals surface area contributed by atoms with Crippen molar-refractivity contribution in [1.29, 1.82) is 0 Å². The molecule has 2 aliphatic heterocycles. The number of nitrogens with one attached hydrogen (secondary N) is 1. The molecule has 0 radical (unpaired) electrons. The lowest BCUT2D eigenvalue weighted by Crippen LogP contribution is -2.51. The Morgan fingerprint density at radius 1 is 1.23 bits per heavy atom. The average molecular weight is 667 g/mol. The molecule has 0 aromatic carbocycles. The van der Waals surface area contributed by atoms with Crippen LogP contribution in [0.3, 0.4) is 0 Å². The normalized spacial score (nSPS) is 30.6. The van der Waals surface area contributed by atoms with Gasteiger partial charge in [-0.25, -0.2) is 4.79 Å². The van der Waals surface area contributed by atoms with Gasteiger partial charge >= 0.3 is 18.0 Å². The summed E-state index contributed by atoms with van der Waals surface area (Å²) in [5.41, 5.74) is -1.85. The van der Waals surface area contributed by atoms with Crippen LogP contribution in [0.15, 0.2) is 36.0 Å². The summed E-state index contributed by atoms with van der Waals surface area (Å²) in [5.74, 6) is -1.56. The van der Waals surface area contributed by atoms with E-state index in [4.69, 9.17) is 18.9 Å². The van der Waals surface area contributed by atoms with Gasteiger partial charge in [-0.2, -0.15) is 0 Å². The quantitative estimate of drug-likeness (QED) is 0.110. The summed E-state index contributed by atoms with van der Waals surface area (Å²) in [6.45, 7) is 16.0. The van der Waals surface area contributed by atoms with E-state index >= 15 is 0 Å². The maximum absolute atomic E-state index is 13.2. The second-order valence-corrected chi connectivity index (χ2v) is 13.5. The van der Waals surface area contributed by atoms with E-state index in [1.807, 2.05) is 20.8 Å². The zero-order valence-corrected chi connectivity index (χ0v) is 29.4. The summed E-state index contributed by atoms with van der Waals surface area (Å²) in [6.07, 6.45) is 4.73. The van der Waals surface area contributed by atoms with Crippen LogP contribution in [0.25, 0.3) is 0 Å². The summed E-state index contributed by atoms with van der Waals surface area (Å²) in [7, 11) is 0. The minimum Gasteiger partial charge on any atom is -0.457 e. The van der Waals surface area contributed by atoms with Gasteiger partial charge in [0, 0.05) is 45.4 Å². The van der Waals surface area contributed by atoms with Crippen LogP contribution in [-0.4, -0.2) is 112 Å². The van der Waals surface area contributed by atoms with Crippen molar-refractivity contribution in [2.45, 2.75) is 135 Å². The van der Waals surface area contributed by atoms with Gasteiger partial charge < -0.3 is 44.5 Å². The highest BCUT2D eigenvalue weighted by atomic mass is 16.6. The van der Waals surface area contributed by atoms with Crippen LogP contribution in [0.4, 0.5) is 4.79 Å². The van der Waals surface area contributed by atoms with Crippen LogP contribution in [0.1, 0.15) is 87.5 Å². The summed E-state index contributed by atoms with van der Waals surface area (Å²) in [4.78, 5) is 39.9. The fourth-order valence-electron chi connectivity index (χ4n) is 5.90. The van der Waals surface area contributed by atoms with E-state index in [-0.39, 0.29) is 31.5 Å². The molecule has 0 unspecified atom stereocenters. The van der Waals surface area contributed by atoms with Crippen molar-refractivity contribution < 1.29 is 48.7 Å². The summed E-state index contributed by atoms with van der Waals surface area (Å²) < 4.78 is 23.4. The molecule has 4 N–H and O–H groups in total. The number of rotatable bonds is 11. The Labute approximate surface area is 280 Å². The molecule has 1 saturated heterocycles. The van der Waals surface area contributed by atoms with Gasteiger partial charge in [0.2, 0.25) is 0 Å². The molecule has 0 aromatic heterocycles. The van der Waals surface area contributed by atoms with Crippen LogP contribution < -0.4 is 5.32 Å². The zero-order chi connectivity index (χ0) is 35.4. The Balaban J connectivity index is 2.34. The number of carbonyl (C=O) groups excluding carboxylic acids is 3. The number of hydrogen-bond acceptors (Lipinski definition) is 11. The Kier molecular flexibility index (Phi) is 16.1. The molecule has 1 amide bonds. The van der Waals surface area contributed by atoms with Crippen LogP contribution in [0.5, 0.6) is 0 Å². The molecule has 0 bridgehead atoms. The largest absolute Gasteiger partial charge is 0.457 e. The van der Waals surface area contributed by atoms with E-state index in [0.29, 0.717) is 44.6 Å². The van der Waals surface area contributed by atoms with Gasteiger partial charge in [0.15, 0.2) is 6.10 Å². The Morgan fingerprint density at radius 3 is 2.51 bits per heavy atom. The molecule has 1 fully saturated rings. The highest BCUT2D eigenvalue weighted by molar-refractivity contribution is 5.71. The molecule has 12 heteroatoms. The number of cyclic esters (lactones) is 1. The topological polar surface area (TPSA) is 164 Å². The highest BCUT2D eigenvalue weighted by Gasteiger charge is 2.41. The first kappa shape index (κ1) is 40.4. The number of aliphatic hydroxyl groups is 3. The Morgan fingerprint density at radius 2 is 1.89 bits per heavy atom. The standard InChI is InChI=1S/C35H58N2O10/c1-9-29(40)26(5)44-25(4)22-34(7,43)15-10-11-23(2)32-24(3)12-13-30(45-33(42)37-19-17-36-18-20-37)35(8,47-27(6)38)16-14-28(39)21-31(41)46-32/h10-13,15,24-26,28-30,32,36,39-40,43H,9,14,16-22H2,1-8H3/b13-12+,15-10+,23-11+/t24-,25-,26+,28+,29-,30-,32+,34-,35+/m0/s1. The van der Waals surface area contributed by atoms with Crippen molar-refractivity contribution in [3.63, 3.8) is 0 Å². The predicted octanol–water partition coefficient (Wildman–Crippen LogP) is 3.58. The average Bonchev–Trinajstić information content (AvgIpc) is 2.99. The third-order valence-electron chi connectivity index (χ3n) is 8.65. The van der Waals surface area contributed by atoms with E-state index in [2.05, 4.69) is 5.32 Å². The first-order valence-corrected chi connectivity index (χ1v) is 16.8. The molecular formula is C35H58N2O10. The van der Waals surface area contributed by atoms with Crippen LogP contribution in [0, 0.1) is 5.92 Å². The summed E-state index contributed by atoms with van der Waals surface area (Å²) in [6, 6.07) is 0. The lowest BCUT2D eigenvalue weighted by atomic mass is 9.88. The number of hydrogen-bond donors (Lipinski definition) is 4. The number of ether oxygens (including phenoxy) is 4. The van der Waals surface area contributed by atoms with E-state index < -0.39 is 59.6 Å². The van der Waals surface area contributed by atoms with Crippen LogP contribution in [0.2, 0.25) is 0 Å². The molecule has 2 rings (SSSR count). The second kappa shape index (κ2) is 18.7. The highest BCUT2D eigenvalue weighted by Crippen LogP contribution is 2.30. The maximum atomic E-state index is 13.2. The third kappa shape index (κ3) is 13.7. The number of amides is 1. The van der Waals surface area contributed by atoms with E-state index in [1.54, 1.807) is 63.0 Å². The molecular weight excluding hydrogens is 608 g/mol. The molecule has 2 aliphatic rings. The van der Waals surface area contributed by atoms with E-state index in [9.17, 15) is 29.7 Å². The van der Waals surface area contributed by atoms with E-state index in [1.165, 1.54) is 6.92 Å².